The predicted octanol–water partition coefficient (Wildman–Crippen LogP) is 3.51. The van der Waals surface area contributed by atoms with E-state index in [4.69, 9.17) is 0 Å². The third-order valence-corrected chi connectivity index (χ3v) is 6.33. The molecule has 0 amide bonds. The summed E-state index contributed by atoms with van der Waals surface area (Å²) in [6, 6.07) is 14.4. The zero-order chi connectivity index (χ0) is 21.8. The molecule has 7 heteroatoms. The maximum atomic E-state index is 11.9. The van der Waals surface area contributed by atoms with Crippen molar-refractivity contribution in [1.29, 1.82) is 0 Å². The summed E-state index contributed by atoms with van der Waals surface area (Å²) in [7, 11) is 0. The minimum atomic E-state index is -0.937. The molecule has 2 aliphatic rings. The van der Waals surface area contributed by atoms with Crippen LogP contribution in [0.3, 0.4) is 0 Å². The second kappa shape index (κ2) is 6.91. The van der Waals surface area contributed by atoms with Crippen molar-refractivity contribution in [1.82, 2.24) is 4.57 Å². The van der Waals surface area contributed by atoms with E-state index in [0.717, 1.165) is 43.1 Å². The van der Waals surface area contributed by atoms with Gasteiger partial charge in [0.05, 0.1) is 22.5 Å². The number of rotatable bonds is 5. The molecule has 2 saturated heterocycles. The lowest BCUT2D eigenvalue weighted by atomic mass is 9.72. The number of aryl methyl sites for hydroxylation is 1. The summed E-state index contributed by atoms with van der Waals surface area (Å²) in [6.07, 6.45) is 3.75. The van der Waals surface area contributed by atoms with E-state index < -0.39 is 11.9 Å². The van der Waals surface area contributed by atoms with Crippen LogP contribution in [-0.4, -0.2) is 52.9 Å². The molecule has 0 saturated carbocycles. The highest BCUT2D eigenvalue weighted by Gasteiger charge is 2.52. The maximum Gasteiger partial charge on any atom is 0.337 e. The average molecular weight is 417 g/mol. The molecule has 2 fully saturated rings. The highest BCUT2D eigenvalue weighted by molar-refractivity contribution is 5.96. The lowest BCUT2D eigenvalue weighted by Gasteiger charge is -2.62. The second-order valence-corrected chi connectivity index (χ2v) is 8.59. The quantitative estimate of drug-likeness (QED) is 0.661. The summed E-state index contributed by atoms with van der Waals surface area (Å²) < 4.78 is 1.88. The summed E-state index contributed by atoms with van der Waals surface area (Å²) in [5, 5.41) is 19.0. The highest BCUT2D eigenvalue weighted by Crippen LogP contribution is 2.46. The number of hydrogen-bond acceptors (Lipinski definition) is 4. The fourth-order valence-corrected chi connectivity index (χ4v) is 4.90. The van der Waals surface area contributed by atoms with Crippen molar-refractivity contribution < 1.29 is 19.8 Å². The average Bonchev–Trinajstić information content (AvgIpc) is 3.21. The first-order valence-electron chi connectivity index (χ1n) is 10.2. The zero-order valence-corrected chi connectivity index (χ0v) is 17.2. The van der Waals surface area contributed by atoms with Crippen LogP contribution in [0.5, 0.6) is 0 Å². The first-order valence-corrected chi connectivity index (χ1v) is 10.2. The normalized spacial score (nSPS) is 16.7. The van der Waals surface area contributed by atoms with Crippen LogP contribution < -0.4 is 9.80 Å². The number of carboxylic acids is 2. The molecule has 3 aromatic rings. The third kappa shape index (κ3) is 3.13. The van der Waals surface area contributed by atoms with Gasteiger partial charge in [-0.1, -0.05) is 12.1 Å². The Hall–Kier alpha value is -3.74. The van der Waals surface area contributed by atoms with Gasteiger partial charge in [-0.3, -0.25) is 0 Å². The number of aromatic carboxylic acids is 2. The lowest BCUT2D eigenvalue weighted by Crippen LogP contribution is -2.72. The number of aromatic nitrogens is 1. The van der Waals surface area contributed by atoms with Crippen LogP contribution in [0.15, 0.2) is 60.9 Å². The molecule has 2 aromatic carbocycles. The smallest absolute Gasteiger partial charge is 0.337 e. The minimum absolute atomic E-state index is 0.152. The summed E-state index contributed by atoms with van der Waals surface area (Å²) in [4.78, 5) is 27.6. The SMILES string of the molecule is Cc1ccc(C(=O)O)c(-n2cccc2)c1N1CC2(CN(c3cccc(C(=O)O)c3)C2)C1. The van der Waals surface area contributed by atoms with E-state index in [-0.39, 0.29) is 5.41 Å². The Bertz CT molecular complexity index is 1170. The molecule has 1 aromatic heterocycles. The van der Waals surface area contributed by atoms with Gasteiger partial charge in [-0.25, -0.2) is 9.59 Å². The Morgan fingerprint density at radius 1 is 0.839 bits per heavy atom. The molecule has 0 atom stereocenters. The minimum Gasteiger partial charge on any atom is -0.478 e. The molecule has 7 nitrogen and oxygen atoms in total. The Kier molecular flexibility index (Phi) is 4.28. The van der Waals surface area contributed by atoms with Crippen molar-refractivity contribution >= 4 is 23.3 Å². The van der Waals surface area contributed by atoms with Gasteiger partial charge in [0, 0.05) is 49.7 Å². The highest BCUT2D eigenvalue weighted by atomic mass is 16.4. The molecule has 158 valence electrons. The fourth-order valence-electron chi connectivity index (χ4n) is 4.90. The van der Waals surface area contributed by atoms with E-state index in [0.29, 0.717) is 16.8 Å². The summed E-state index contributed by atoms with van der Waals surface area (Å²) in [6.45, 7) is 5.44. The monoisotopic (exact) mass is 417 g/mol. The van der Waals surface area contributed by atoms with Crippen molar-refractivity contribution in [3.05, 3.63) is 77.6 Å². The van der Waals surface area contributed by atoms with Crippen LogP contribution in [0.2, 0.25) is 0 Å². The number of nitrogens with zero attached hydrogens (tertiary/aromatic N) is 3. The van der Waals surface area contributed by atoms with Gasteiger partial charge in [-0.05, 0) is 48.9 Å². The van der Waals surface area contributed by atoms with E-state index in [1.165, 1.54) is 0 Å². The molecule has 0 bridgehead atoms. The summed E-state index contributed by atoms with van der Waals surface area (Å²) in [5.74, 6) is -1.86. The third-order valence-electron chi connectivity index (χ3n) is 6.33. The van der Waals surface area contributed by atoms with Gasteiger partial charge in [0.15, 0.2) is 0 Å². The van der Waals surface area contributed by atoms with Crippen LogP contribution in [-0.2, 0) is 0 Å². The molecule has 5 rings (SSSR count). The maximum absolute atomic E-state index is 11.9. The predicted molar refractivity (Wildman–Crippen MR) is 118 cm³/mol. The molecule has 2 aliphatic heterocycles. The van der Waals surface area contributed by atoms with E-state index in [9.17, 15) is 19.8 Å². The number of carbonyl (C=O) groups is 2. The summed E-state index contributed by atoms with van der Waals surface area (Å²) >= 11 is 0. The van der Waals surface area contributed by atoms with Crippen molar-refractivity contribution in [2.24, 2.45) is 5.41 Å². The van der Waals surface area contributed by atoms with Gasteiger partial charge in [0.25, 0.3) is 0 Å². The van der Waals surface area contributed by atoms with Crippen molar-refractivity contribution in [3.63, 3.8) is 0 Å². The van der Waals surface area contributed by atoms with E-state index in [1.54, 1.807) is 24.3 Å². The second-order valence-electron chi connectivity index (χ2n) is 8.59. The lowest BCUT2D eigenvalue weighted by molar-refractivity contribution is 0.0686. The molecule has 0 radical (unpaired) electrons. The van der Waals surface area contributed by atoms with E-state index >= 15 is 0 Å². The Labute approximate surface area is 179 Å². The van der Waals surface area contributed by atoms with E-state index in [1.807, 2.05) is 48.1 Å². The molecule has 0 unspecified atom stereocenters. The number of benzene rings is 2. The van der Waals surface area contributed by atoms with Crippen LogP contribution >= 0.6 is 0 Å². The fraction of sp³-hybridized carbons (Fsp3) is 0.250. The van der Waals surface area contributed by atoms with Crippen LogP contribution in [0.25, 0.3) is 5.69 Å². The largest absolute Gasteiger partial charge is 0.478 e. The van der Waals surface area contributed by atoms with Crippen LogP contribution in [0, 0.1) is 12.3 Å². The van der Waals surface area contributed by atoms with Crippen molar-refractivity contribution in [2.75, 3.05) is 36.0 Å². The number of carboxylic acid groups (broad SMARTS) is 2. The van der Waals surface area contributed by atoms with Gasteiger partial charge in [-0.15, -0.1) is 0 Å². The Morgan fingerprint density at radius 2 is 1.52 bits per heavy atom. The standard InChI is InChI=1S/C24H23N3O4/c1-16-7-8-19(23(30)31)21(25-9-2-3-10-25)20(16)27-14-24(15-27)12-26(13-24)18-6-4-5-17(11-18)22(28)29/h2-11H,12-15H2,1H3,(H,28,29)(H,30,31). The molecular weight excluding hydrogens is 394 g/mol. The van der Waals surface area contributed by atoms with Crippen LogP contribution in [0.4, 0.5) is 11.4 Å². The van der Waals surface area contributed by atoms with Gasteiger partial charge in [-0.2, -0.15) is 0 Å². The van der Waals surface area contributed by atoms with Gasteiger partial charge in [0.1, 0.15) is 0 Å². The molecular formula is C24H23N3O4. The summed E-state index contributed by atoms with van der Waals surface area (Å²) in [5.41, 5.74) is 4.39. The molecule has 3 heterocycles. The molecule has 31 heavy (non-hydrogen) atoms. The van der Waals surface area contributed by atoms with Gasteiger partial charge >= 0.3 is 11.9 Å². The molecule has 2 N–H and O–H groups in total. The van der Waals surface area contributed by atoms with Gasteiger partial charge in [0.2, 0.25) is 0 Å². The molecule has 0 aliphatic carbocycles. The van der Waals surface area contributed by atoms with Crippen molar-refractivity contribution in [2.45, 2.75) is 6.92 Å². The Balaban J connectivity index is 1.37. The first kappa shape index (κ1) is 19.2. The van der Waals surface area contributed by atoms with Crippen molar-refractivity contribution in [3.8, 4) is 5.69 Å². The topological polar surface area (TPSA) is 86.0 Å². The van der Waals surface area contributed by atoms with Crippen LogP contribution in [0.1, 0.15) is 26.3 Å². The first-order chi connectivity index (χ1) is 14.9. The number of hydrogen-bond donors (Lipinski definition) is 2. The molecule has 1 spiro atoms. The van der Waals surface area contributed by atoms with E-state index in [2.05, 4.69) is 9.80 Å². The number of anilines is 2. The van der Waals surface area contributed by atoms with Gasteiger partial charge < -0.3 is 24.6 Å². The zero-order valence-electron chi connectivity index (χ0n) is 17.2. The Morgan fingerprint density at radius 3 is 2.16 bits per heavy atom.